The first-order chi connectivity index (χ1) is 14.3. The van der Waals surface area contributed by atoms with Crippen molar-refractivity contribution < 1.29 is 14.4 Å². The van der Waals surface area contributed by atoms with Crippen molar-refractivity contribution in [1.82, 2.24) is 16.2 Å². The van der Waals surface area contributed by atoms with Gasteiger partial charge in [0.2, 0.25) is 11.8 Å². The molecule has 5 rings (SSSR count). The van der Waals surface area contributed by atoms with Crippen LogP contribution in [-0.2, 0) is 14.4 Å². The molecule has 0 spiro atoms. The van der Waals surface area contributed by atoms with Gasteiger partial charge in [-0.2, -0.15) is 0 Å². The summed E-state index contributed by atoms with van der Waals surface area (Å²) in [6.07, 6.45) is 6.64. The van der Waals surface area contributed by atoms with Crippen LogP contribution in [0.4, 0.5) is 0 Å². The third kappa shape index (κ3) is 4.89. The van der Waals surface area contributed by atoms with Gasteiger partial charge in [-0.15, -0.1) is 11.8 Å². The number of nitrogens with one attached hydrogen (secondary N) is 3. The molecule has 0 saturated heterocycles. The largest absolute Gasteiger partial charge is 0.346 e. The highest BCUT2D eigenvalue weighted by Crippen LogP contribution is 2.60. The molecule has 0 aliphatic heterocycles. The predicted molar refractivity (Wildman–Crippen MR) is 117 cm³/mol. The van der Waals surface area contributed by atoms with E-state index in [0.717, 1.165) is 19.3 Å². The van der Waals surface area contributed by atoms with Crippen molar-refractivity contribution in [1.29, 1.82) is 0 Å². The number of carbonyl (C=O) groups excluding carboxylic acids is 3. The number of benzene rings is 1. The number of halogens is 2. The minimum atomic E-state index is -0.452. The van der Waals surface area contributed by atoms with E-state index < -0.39 is 5.91 Å². The highest BCUT2D eigenvalue weighted by molar-refractivity contribution is 8.00. The Morgan fingerprint density at radius 3 is 2.20 bits per heavy atom. The highest BCUT2D eigenvalue weighted by atomic mass is 35.5. The van der Waals surface area contributed by atoms with E-state index in [-0.39, 0.29) is 29.5 Å². The maximum Gasteiger partial charge on any atom is 0.257 e. The zero-order valence-corrected chi connectivity index (χ0v) is 18.8. The average Bonchev–Trinajstić information content (AvgIpc) is 2.70. The van der Waals surface area contributed by atoms with Gasteiger partial charge in [0.15, 0.2) is 0 Å². The molecule has 4 aliphatic carbocycles. The Morgan fingerprint density at radius 2 is 1.57 bits per heavy atom. The number of carbonyl (C=O) groups is 3. The van der Waals surface area contributed by atoms with Gasteiger partial charge in [0.1, 0.15) is 0 Å². The van der Waals surface area contributed by atoms with Crippen molar-refractivity contribution in [3.8, 4) is 0 Å². The molecule has 0 atom stereocenters. The summed E-state index contributed by atoms with van der Waals surface area (Å²) in [7, 11) is 0. The van der Waals surface area contributed by atoms with Gasteiger partial charge in [-0.25, -0.2) is 0 Å². The molecule has 0 unspecified atom stereocenters. The lowest BCUT2D eigenvalue weighted by atomic mass is 9.49. The fourth-order valence-electron chi connectivity index (χ4n) is 5.69. The van der Waals surface area contributed by atoms with Gasteiger partial charge < -0.3 is 5.32 Å². The van der Waals surface area contributed by atoms with Crippen LogP contribution in [0.2, 0.25) is 10.0 Å². The second-order valence-electron chi connectivity index (χ2n) is 8.84. The van der Waals surface area contributed by atoms with Gasteiger partial charge in [0, 0.05) is 15.3 Å². The Kier molecular flexibility index (Phi) is 6.51. The van der Waals surface area contributed by atoms with E-state index in [4.69, 9.17) is 23.2 Å². The Morgan fingerprint density at radius 1 is 0.967 bits per heavy atom. The van der Waals surface area contributed by atoms with Crippen molar-refractivity contribution in [3.05, 3.63) is 28.2 Å². The standard InChI is InChI=1S/C21H25Cl2N3O3S/c22-15-1-2-16(23)17(6-15)30-11-19(28)26-25-18(27)10-24-20(29)21-7-12-3-13(8-21)5-14(4-12)9-21/h1-2,6,12-14H,3-5,7-11H2,(H,24,29)(H,25,27)(H,26,28). The minimum absolute atomic E-state index is 0.00534. The molecule has 162 valence electrons. The molecule has 1 aromatic carbocycles. The van der Waals surface area contributed by atoms with Crippen molar-refractivity contribution in [2.45, 2.75) is 43.4 Å². The predicted octanol–water partition coefficient (Wildman–Crippen LogP) is 3.57. The molecular weight excluding hydrogens is 445 g/mol. The van der Waals surface area contributed by atoms with Crippen molar-refractivity contribution >= 4 is 52.7 Å². The zero-order valence-electron chi connectivity index (χ0n) is 16.5. The van der Waals surface area contributed by atoms with Crippen LogP contribution in [0.15, 0.2) is 23.1 Å². The lowest BCUT2D eigenvalue weighted by Crippen LogP contribution is -2.55. The maximum absolute atomic E-state index is 12.9. The van der Waals surface area contributed by atoms with Crippen LogP contribution in [0, 0.1) is 23.2 Å². The first-order valence-corrected chi connectivity index (χ1v) is 12.0. The summed E-state index contributed by atoms with van der Waals surface area (Å²) < 4.78 is 0. The van der Waals surface area contributed by atoms with Crippen molar-refractivity contribution in [2.24, 2.45) is 23.2 Å². The average molecular weight is 470 g/mol. The summed E-state index contributed by atoms with van der Waals surface area (Å²) in [5.74, 6) is 1.24. The van der Waals surface area contributed by atoms with E-state index in [1.54, 1.807) is 18.2 Å². The van der Waals surface area contributed by atoms with Crippen LogP contribution in [0.25, 0.3) is 0 Å². The summed E-state index contributed by atoms with van der Waals surface area (Å²) >= 11 is 13.2. The molecule has 4 fully saturated rings. The molecule has 0 radical (unpaired) electrons. The summed E-state index contributed by atoms with van der Waals surface area (Å²) in [4.78, 5) is 37.6. The molecular formula is C21H25Cl2N3O3S. The van der Waals surface area contributed by atoms with E-state index in [2.05, 4.69) is 16.2 Å². The third-order valence-corrected chi connectivity index (χ3v) is 8.25. The zero-order chi connectivity index (χ0) is 21.3. The topological polar surface area (TPSA) is 87.3 Å². The van der Waals surface area contributed by atoms with Crippen LogP contribution < -0.4 is 16.2 Å². The fraction of sp³-hybridized carbons (Fsp3) is 0.571. The van der Waals surface area contributed by atoms with Crippen LogP contribution >= 0.6 is 35.0 Å². The summed E-state index contributed by atoms with van der Waals surface area (Å²) in [6.45, 7) is -0.145. The van der Waals surface area contributed by atoms with E-state index >= 15 is 0 Å². The number of rotatable bonds is 6. The molecule has 1 aromatic rings. The molecule has 4 saturated carbocycles. The van der Waals surface area contributed by atoms with Gasteiger partial charge in [-0.05, 0) is 74.5 Å². The highest BCUT2D eigenvalue weighted by Gasteiger charge is 2.54. The summed E-state index contributed by atoms with van der Waals surface area (Å²) in [6, 6.07) is 5.02. The monoisotopic (exact) mass is 469 g/mol. The third-order valence-electron chi connectivity index (χ3n) is 6.52. The van der Waals surface area contributed by atoms with Crippen LogP contribution in [0.3, 0.4) is 0 Å². The molecule has 4 bridgehead atoms. The summed E-state index contributed by atoms with van der Waals surface area (Å²) in [5.41, 5.74) is 4.42. The van der Waals surface area contributed by atoms with E-state index in [0.29, 0.717) is 32.7 Å². The molecule has 3 amide bonds. The normalized spacial score (nSPS) is 28.8. The molecule has 0 heterocycles. The number of amides is 3. The quantitative estimate of drug-likeness (QED) is 0.438. The molecule has 4 aliphatic rings. The van der Waals surface area contributed by atoms with Gasteiger partial charge >= 0.3 is 0 Å². The van der Waals surface area contributed by atoms with E-state index in [1.807, 2.05) is 0 Å². The van der Waals surface area contributed by atoms with Gasteiger partial charge in [-0.1, -0.05) is 23.2 Å². The summed E-state index contributed by atoms with van der Waals surface area (Å²) in [5, 5.41) is 3.84. The molecule has 30 heavy (non-hydrogen) atoms. The van der Waals surface area contributed by atoms with E-state index in [1.165, 1.54) is 31.0 Å². The van der Waals surface area contributed by atoms with Crippen molar-refractivity contribution in [3.63, 3.8) is 0 Å². The number of hydrogen-bond donors (Lipinski definition) is 3. The first-order valence-electron chi connectivity index (χ1n) is 10.3. The first kappa shape index (κ1) is 21.8. The molecule has 0 aromatic heterocycles. The van der Waals surface area contributed by atoms with Crippen molar-refractivity contribution in [2.75, 3.05) is 12.3 Å². The smallest absolute Gasteiger partial charge is 0.257 e. The SMILES string of the molecule is O=C(CNC(=O)C12CC3CC(CC(C3)C1)C2)NNC(=O)CSc1cc(Cl)ccc1Cl. The van der Waals surface area contributed by atoms with Crippen LogP contribution in [-0.4, -0.2) is 30.0 Å². The Labute approximate surface area is 190 Å². The molecule has 9 heteroatoms. The number of hydrazine groups is 1. The fourth-order valence-corrected chi connectivity index (χ4v) is 6.98. The van der Waals surface area contributed by atoms with Gasteiger partial charge in [-0.3, -0.25) is 25.2 Å². The van der Waals surface area contributed by atoms with Gasteiger partial charge in [0.25, 0.3) is 5.91 Å². The number of hydrogen-bond acceptors (Lipinski definition) is 4. The minimum Gasteiger partial charge on any atom is -0.346 e. The van der Waals surface area contributed by atoms with Crippen LogP contribution in [0.1, 0.15) is 38.5 Å². The molecule has 3 N–H and O–H groups in total. The lowest BCUT2D eigenvalue weighted by Gasteiger charge is -2.55. The number of thioether (sulfide) groups is 1. The maximum atomic E-state index is 12.9. The van der Waals surface area contributed by atoms with E-state index in [9.17, 15) is 14.4 Å². The Hall–Kier alpha value is -1.44. The second-order valence-corrected chi connectivity index (χ2v) is 10.7. The Balaban J connectivity index is 1.18. The second kappa shape index (κ2) is 8.97. The Bertz CT molecular complexity index is 829. The van der Waals surface area contributed by atoms with Crippen LogP contribution in [0.5, 0.6) is 0 Å². The lowest BCUT2D eigenvalue weighted by molar-refractivity contribution is -0.147. The molecule has 6 nitrogen and oxygen atoms in total. The van der Waals surface area contributed by atoms with Gasteiger partial charge in [0.05, 0.1) is 17.3 Å².